The first-order valence-electron chi connectivity index (χ1n) is 14.2. The number of nitrogens with zero attached hydrogens (tertiary/aromatic N) is 2. The molecular formula is C35H34ClN3O2S. The maximum absolute atomic E-state index is 12.4. The van der Waals surface area contributed by atoms with Gasteiger partial charge in [0, 0.05) is 62.0 Å². The van der Waals surface area contributed by atoms with Crippen molar-refractivity contribution >= 4 is 40.2 Å². The minimum atomic E-state index is -0.694. The lowest BCUT2D eigenvalue weighted by Gasteiger charge is -2.25. The molecule has 5 nitrogen and oxygen atoms in total. The molecule has 2 N–H and O–H groups in total. The lowest BCUT2D eigenvalue weighted by Crippen LogP contribution is -2.34. The van der Waals surface area contributed by atoms with Crippen LogP contribution < -0.4 is 10.5 Å². The van der Waals surface area contributed by atoms with Gasteiger partial charge in [0.15, 0.2) is 0 Å². The summed E-state index contributed by atoms with van der Waals surface area (Å²) in [6.45, 7) is 7.16. The number of rotatable bonds is 9. The molecule has 1 amide bonds. The van der Waals surface area contributed by atoms with Gasteiger partial charge in [0.1, 0.15) is 12.4 Å². The normalized spacial score (nSPS) is 14.7. The van der Waals surface area contributed by atoms with Crippen LogP contribution in [-0.2, 0) is 30.8 Å². The first-order chi connectivity index (χ1) is 20.2. The number of primary amides is 1. The number of aromatic nitrogens is 2. The second kappa shape index (κ2) is 11.5. The van der Waals surface area contributed by atoms with Crippen molar-refractivity contribution in [3.63, 3.8) is 0 Å². The Morgan fingerprint density at radius 3 is 2.50 bits per heavy atom. The van der Waals surface area contributed by atoms with Crippen LogP contribution >= 0.6 is 23.4 Å². The van der Waals surface area contributed by atoms with E-state index in [0.717, 1.165) is 45.8 Å². The second-order valence-electron chi connectivity index (χ2n) is 11.7. The molecule has 1 aliphatic heterocycles. The van der Waals surface area contributed by atoms with E-state index in [4.69, 9.17) is 22.1 Å². The predicted molar refractivity (Wildman–Crippen MR) is 172 cm³/mol. The largest absolute Gasteiger partial charge is 0.487 e. The maximum atomic E-state index is 12.4. The molecule has 2 aromatic heterocycles. The molecule has 0 fully saturated rings. The van der Waals surface area contributed by atoms with Crippen LogP contribution in [0.3, 0.4) is 0 Å². The van der Waals surface area contributed by atoms with E-state index in [0.29, 0.717) is 29.8 Å². The summed E-state index contributed by atoms with van der Waals surface area (Å²) >= 11 is 8.06. The smallest absolute Gasteiger partial charge is 0.223 e. The number of pyridine rings is 1. The summed E-state index contributed by atoms with van der Waals surface area (Å²) in [6.07, 6.45) is 3.35. The molecule has 3 heterocycles. The molecule has 214 valence electrons. The van der Waals surface area contributed by atoms with Gasteiger partial charge in [0.05, 0.1) is 11.2 Å². The first-order valence-corrected chi connectivity index (χ1v) is 15.5. The van der Waals surface area contributed by atoms with Gasteiger partial charge < -0.3 is 15.0 Å². The van der Waals surface area contributed by atoms with Crippen LogP contribution in [0.25, 0.3) is 22.0 Å². The Morgan fingerprint density at radius 1 is 1.05 bits per heavy atom. The highest BCUT2D eigenvalue weighted by molar-refractivity contribution is 8.00. The molecule has 0 saturated carbocycles. The van der Waals surface area contributed by atoms with Crippen LogP contribution in [-0.4, -0.2) is 20.7 Å². The average Bonchev–Trinajstić information content (AvgIpc) is 3.26. The molecule has 0 spiro atoms. The van der Waals surface area contributed by atoms with Crippen molar-refractivity contribution in [2.24, 2.45) is 11.1 Å². The van der Waals surface area contributed by atoms with Gasteiger partial charge in [-0.1, -0.05) is 80.9 Å². The lowest BCUT2D eigenvalue weighted by atomic mass is 9.87. The average molecular weight is 596 g/mol. The highest BCUT2D eigenvalue weighted by atomic mass is 35.5. The number of hydrogen-bond acceptors (Lipinski definition) is 4. The van der Waals surface area contributed by atoms with Crippen LogP contribution in [0.1, 0.15) is 43.3 Å². The van der Waals surface area contributed by atoms with Gasteiger partial charge in [-0.3, -0.25) is 9.78 Å². The van der Waals surface area contributed by atoms with Crippen molar-refractivity contribution in [2.75, 3.05) is 0 Å². The summed E-state index contributed by atoms with van der Waals surface area (Å²) in [6, 6.07) is 26.6. The van der Waals surface area contributed by atoms with Crippen molar-refractivity contribution < 1.29 is 9.53 Å². The molecule has 3 aromatic carbocycles. The summed E-state index contributed by atoms with van der Waals surface area (Å²) < 4.78 is 8.80. The number of carbonyl (C=O) groups is 1. The van der Waals surface area contributed by atoms with Crippen molar-refractivity contribution in [2.45, 2.75) is 56.9 Å². The van der Waals surface area contributed by atoms with Crippen molar-refractivity contribution in [3.05, 3.63) is 113 Å². The number of carbonyl (C=O) groups excluding carboxylic acids is 1. The zero-order chi connectivity index (χ0) is 29.4. The third-order valence-electron chi connectivity index (χ3n) is 8.00. The van der Waals surface area contributed by atoms with E-state index < -0.39 is 5.41 Å². The molecule has 1 aliphatic rings. The van der Waals surface area contributed by atoms with E-state index in [9.17, 15) is 4.79 Å². The highest BCUT2D eigenvalue weighted by Gasteiger charge is 2.33. The van der Waals surface area contributed by atoms with Crippen molar-refractivity contribution in [1.82, 2.24) is 9.55 Å². The fourth-order valence-electron chi connectivity index (χ4n) is 5.60. The van der Waals surface area contributed by atoms with Gasteiger partial charge >= 0.3 is 0 Å². The zero-order valence-electron chi connectivity index (χ0n) is 24.1. The fourth-order valence-corrected chi connectivity index (χ4v) is 7.04. The second-order valence-corrected chi connectivity index (χ2v) is 13.6. The molecule has 42 heavy (non-hydrogen) atoms. The fraction of sp³-hybridized carbons (Fsp3) is 0.257. The third kappa shape index (κ3) is 5.66. The Balaban J connectivity index is 1.37. The van der Waals surface area contributed by atoms with E-state index in [-0.39, 0.29) is 5.91 Å². The standard InChI is InChI=1S/C35H34ClN3O2S/c1-22-17-28-31(41-21-27-14-11-25(19-38-27)24-7-5-4-6-8-24)16-15-29-32(28)33(42-22)30(18-35(2,3)34(37)40)39(29)20-23-9-12-26(36)13-10-23/h4-16,19,22H,17-18,20-21H2,1-3H3,(H2,37,40). The summed E-state index contributed by atoms with van der Waals surface area (Å²) in [5.74, 6) is 0.580. The zero-order valence-corrected chi connectivity index (χ0v) is 25.6. The Hall–Kier alpha value is -3.74. The molecule has 1 unspecified atom stereocenters. The van der Waals surface area contributed by atoms with E-state index in [1.807, 2.05) is 68.2 Å². The molecular weight excluding hydrogens is 562 g/mol. The summed E-state index contributed by atoms with van der Waals surface area (Å²) in [4.78, 5) is 18.3. The number of hydrogen-bond donors (Lipinski definition) is 1. The van der Waals surface area contributed by atoms with Gasteiger partial charge in [-0.2, -0.15) is 0 Å². The number of ether oxygens (including phenoxy) is 1. The Morgan fingerprint density at radius 2 is 1.81 bits per heavy atom. The quantitative estimate of drug-likeness (QED) is 0.187. The molecule has 0 bridgehead atoms. The summed E-state index contributed by atoms with van der Waals surface area (Å²) in [5.41, 5.74) is 12.9. The van der Waals surface area contributed by atoms with Crippen LogP contribution in [0.5, 0.6) is 5.75 Å². The Labute approximate surface area is 256 Å². The molecule has 7 heteroatoms. The number of thioether (sulfide) groups is 1. The predicted octanol–water partition coefficient (Wildman–Crippen LogP) is 8.07. The minimum absolute atomic E-state index is 0.304. The highest BCUT2D eigenvalue weighted by Crippen LogP contribution is 2.48. The monoisotopic (exact) mass is 595 g/mol. The molecule has 1 atom stereocenters. The molecule has 6 rings (SSSR count). The van der Waals surface area contributed by atoms with Crippen molar-refractivity contribution in [3.8, 4) is 16.9 Å². The molecule has 0 radical (unpaired) electrons. The van der Waals surface area contributed by atoms with Gasteiger partial charge in [-0.05, 0) is 47.9 Å². The maximum Gasteiger partial charge on any atom is 0.223 e. The Kier molecular flexibility index (Phi) is 7.77. The van der Waals surface area contributed by atoms with Crippen LogP contribution in [0.4, 0.5) is 0 Å². The van der Waals surface area contributed by atoms with Crippen LogP contribution in [0, 0.1) is 5.41 Å². The Bertz CT molecular complexity index is 1750. The molecule has 0 saturated heterocycles. The number of benzene rings is 3. The molecule has 0 aliphatic carbocycles. The van der Waals surface area contributed by atoms with Gasteiger partial charge in [-0.15, -0.1) is 11.8 Å². The number of amides is 1. The van der Waals surface area contributed by atoms with E-state index in [2.05, 4.69) is 58.9 Å². The minimum Gasteiger partial charge on any atom is -0.487 e. The van der Waals surface area contributed by atoms with Crippen molar-refractivity contribution in [1.29, 1.82) is 0 Å². The van der Waals surface area contributed by atoms with Crippen LogP contribution in [0.2, 0.25) is 5.02 Å². The third-order valence-corrected chi connectivity index (χ3v) is 9.50. The van der Waals surface area contributed by atoms with E-state index in [1.54, 1.807) is 0 Å². The van der Waals surface area contributed by atoms with Gasteiger partial charge in [0.25, 0.3) is 0 Å². The lowest BCUT2D eigenvalue weighted by molar-refractivity contribution is -0.126. The number of nitrogens with two attached hydrogens (primary N) is 1. The van der Waals surface area contributed by atoms with Crippen LogP contribution in [0.15, 0.2) is 90.0 Å². The topological polar surface area (TPSA) is 70.1 Å². The first kappa shape index (κ1) is 28.4. The molecule has 5 aromatic rings. The number of halogens is 1. The SMILES string of the molecule is CC1Cc2c(OCc3ccc(-c4ccccc4)cn3)ccc3c2c(c(CC(C)(C)C(N)=O)n3Cc2ccc(Cl)cc2)S1. The summed E-state index contributed by atoms with van der Waals surface area (Å²) in [7, 11) is 0. The van der Waals surface area contributed by atoms with Gasteiger partial charge in [-0.25, -0.2) is 0 Å². The van der Waals surface area contributed by atoms with E-state index >= 15 is 0 Å². The van der Waals surface area contributed by atoms with E-state index in [1.165, 1.54) is 15.8 Å². The van der Waals surface area contributed by atoms with Gasteiger partial charge in [0.2, 0.25) is 5.91 Å². The summed E-state index contributed by atoms with van der Waals surface area (Å²) in [5, 5.41) is 2.28.